The van der Waals surface area contributed by atoms with Crippen molar-refractivity contribution in [2.45, 2.75) is 19.6 Å². The standard InChI is InChI=1S/C20H25N3O4/c1-15(27-14-16-6-4-3-5-7-16)13-23-19(24)17-8-9-21-18(12-17)20(25)22-10-11-26-2/h3-9,12,15H,10-11,13-14H2,1-2H3,(H,22,25)(H,23,24). The second-order valence-electron chi connectivity index (χ2n) is 6.00. The van der Waals surface area contributed by atoms with Crippen LogP contribution in [0.3, 0.4) is 0 Å². The lowest BCUT2D eigenvalue weighted by Crippen LogP contribution is -2.32. The van der Waals surface area contributed by atoms with E-state index in [1.807, 2.05) is 37.3 Å². The number of rotatable bonds is 10. The molecule has 0 spiro atoms. The zero-order valence-corrected chi connectivity index (χ0v) is 15.6. The molecule has 0 aliphatic carbocycles. The fourth-order valence-electron chi connectivity index (χ4n) is 2.26. The van der Waals surface area contributed by atoms with Crippen LogP contribution in [0.25, 0.3) is 0 Å². The van der Waals surface area contributed by atoms with E-state index in [-0.39, 0.29) is 23.6 Å². The number of methoxy groups -OCH3 is 1. The summed E-state index contributed by atoms with van der Waals surface area (Å²) in [6.45, 7) is 3.53. The Balaban J connectivity index is 1.81. The lowest BCUT2D eigenvalue weighted by Gasteiger charge is -2.14. The van der Waals surface area contributed by atoms with Gasteiger partial charge in [-0.3, -0.25) is 14.6 Å². The number of hydrogen-bond acceptors (Lipinski definition) is 5. The summed E-state index contributed by atoms with van der Waals surface area (Å²) >= 11 is 0. The summed E-state index contributed by atoms with van der Waals surface area (Å²) in [4.78, 5) is 28.3. The summed E-state index contributed by atoms with van der Waals surface area (Å²) in [6.07, 6.45) is 1.29. The quantitative estimate of drug-likeness (QED) is 0.622. The number of aromatic nitrogens is 1. The highest BCUT2D eigenvalue weighted by molar-refractivity contribution is 5.98. The van der Waals surface area contributed by atoms with Crippen LogP contribution in [0.2, 0.25) is 0 Å². The van der Waals surface area contributed by atoms with Gasteiger partial charge in [0.25, 0.3) is 11.8 Å². The van der Waals surface area contributed by atoms with Crippen LogP contribution in [0.5, 0.6) is 0 Å². The molecular weight excluding hydrogens is 346 g/mol. The predicted molar refractivity (Wildman–Crippen MR) is 101 cm³/mol. The number of pyridine rings is 1. The van der Waals surface area contributed by atoms with Gasteiger partial charge in [0.2, 0.25) is 0 Å². The number of hydrogen-bond donors (Lipinski definition) is 2. The van der Waals surface area contributed by atoms with Crippen LogP contribution in [0.4, 0.5) is 0 Å². The Morgan fingerprint density at radius 3 is 2.63 bits per heavy atom. The molecule has 0 bridgehead atoms. The van der Waals surface area contributed by atoms with E-state index >= 15 is 0 Å². The zero-order chi connectivity index (χ0) is 19.5. The number of nitrogens with zero attached hydrogens (tertiary/aromatic N) is 1. The Kier molecular flexibility index (Phi) is 8.41. The van der Waals surface area contributed by atoms with Crippen LogP contribution in [0.15, 0.2) is 48.7 Å². The molecule has 7 heteroatoms. The van der Waals surface area contributed by atoms with E-state index in [1.54, 1.807) is 13.2 Å². The van der Waals surface area contributed by atoms with Crippen LogP contribution in [0.1, 0.15) is 33.3 Å². The van der Waals surface area contributed by atoms with E-state index < -0.39 is 0 Å². The summed E-state index contributed by atoms with van der Waals surface area (Å²) in [7, 11) is 1.56. The first-order valence-electron chi connectivity index (χ1n) is 8.77. The molecule has 1 heterocycles. The van der Waals surface area contributed by atoms with Crippen molar-refractivity contribution in [1.29, 1.82) is 0 Å². The maximum atomic E-state index is 12.3. The molecule has 27 heavy (non-hydrogen) atoms. The first kappa shape index (κ1) is 20.5. The van der Waals surface area contributed by atoms with Gasteiger partial charge in [-0.25, -0.2) is 0 Å². The van der Waals surface area contributed by atoms with Gasteiger partial charge in [-0.2, -0.15) is 0 Å². The summed E-state index contributed by atoms with van der Waals surface area (Å²) in [5, 5.41) is 5.48. The fraction of sp³-hybridized carbons (Fsp3) is 0.350. The van der Waals surface area contributed by atoms with E-state index in [0.29, 0.717) is 31.9 Å². The highest BCUT2D eigenvalue weighted by Crippen LogP contribution is 2.05. The number of carbonyl (C=O) groups excluding carboxylic acids is 2. The van der Waals surface area contributed by atoms with Crippen molar-refractivity contribution in [2.75, 3.05) is 26.8 Å². The van der Waals surface area contributed by atoms with Crippen LogP contribution >= 0.6 is 0 Å². The molecule has 0 radical (unpaired) electrons. The maximum absolute atomic E-state index is 12.3. The molecule has 2 amide bonds. The number of amides is 2. The number of ether oxygens (including phenoxy) is 2. The minimum Gasteiger partial charge on any atom is -0.383 e. The van der Waals surface area contributed by atoms with Crippen molar-refractivity contribution in [3.63, 3.8) is 0 Å². The molecule has 2 N–H and O–H groups in total. The Labute approximate surface area is 159 Å². The Bertz CT molecular complexity index is 737. The van der Waals surface area contributed by atoms with Crippen LogP contribution < -0.4 is 10.6 Å². The summed E-state index contributed by atoms with van der Waals surface area (Å²) in [5.41, 5.74) is 1.64. The first-order valence-corrected chi connectivity index (χ1v) is 8.77. The molecule has 0 fully saturated rings. The van der Waals surface area contributed by atoms with Gasteiger partial charge in [0.15, 0.2) is 0 Å². The maximum Gasteiger partial charge on any atom is 0.269 e. The molecule has 1 aromatic carbocycles. The largest absolute Gasteiger partial charge is 0.383 e. The molecule has 0 aliphatic rings. The van der Waals surface area contributed by atoms with Crippen molar-refractivity contribution in [3.05, 3.63) is 65.5 Å². The van der Waals surface area contributed by atoms with Crippen LogP contribution in [-0.2, 0) is 16.1 Å². The number of carbonyl (C=O) groups is 2. The van der Waals surface area contributed by atoms with Gasteiger partial charge >= 0.3 is 0 Å². The van der Waals surface area contributed by atoms with Gasteiger partial charge in [0, 0.05) is 32.0 Å². The molecule has 7 nitrogen and oxygen atoms in total. The molecule has 0 aliphatic heterocycles. The van der Waals surface area contributed by atoms with Crippen molar-refractivity contribution < 1.29 is 19.1 Å². The molecule has 1 unspecified atom stereocenters. The summed E-state index contributed by atoms with van der Waals surface area (Å²) in [5.74, 6) is -0.625. The van der Waals surface area contributed by atoms with Gasteiger partial charge in [-0.15, -0.1) is 0 Å². The van der Waals surface area contributed by atoms with E-state index in [2.05, 4.69) is 15.6 Å². The SMILES string of the molecule is COCCNC(=O)c1cc(C(=O)NCC(C)OCc2ccccc2)ccn1. The Morgan fingerprint density at radius 1 is 1.11 bits per heavy atom. The van der Waals surface area contributed by atoms with Gasteiger partial charge in [0.1, 0.15) is 5.69 Å². The minimum atomic E-state index is -0.346. The third kappa shape index (κ3) is 7.16. The third-order valence-corrected chi connectivity index (χ3v) is 3.77. The highest BCUT2D eigenvalue weighted by atomic mass is 16.5. The first-order chi connectivity index (χ1) is 13.1. The van der Waals surface area contributed by atoms with Crippen molar-refractivity contribution >= 4 is 11.8 Å². The Hall–Kier alpha value is -2.77. The molecule has 1 aromatic heterocycles. The van der Waals surface area contributed by atoms with Gasteiger partial charge < -0.3 is 20.1 Å². The van der Waals surface area contributed by atoms with Crippen LogP contribution in [0, 0.1) is 0 Å². The molecular formula is C20H25N3O4. The lowest BCUT2D eigenvalue weighted by atomic mass is 10.2. The average Bonchev–Trinajstić information content (AvgIpc) is 2.71. The monoisotopic (exact) mass is 371 g/mol. The topological polar surface area (TPSA) is 89.5 Å². The molecule has 2 rings (SSSR count). The highest BCUT2D eigenvalue weighted by Gasteiger charge is 2.12. The molecule has 144 valence electrons. The van der Waals surface area contributed by atoms with Gasteiger partial charge in [0.05, 0.1) is 19.3 Å². The minimum absolute atomic E-state index is 0.146. The van der Waals surface area contributed by atoms with E-state index in [4.69, 9.17) is 9.47 Å². The van der Waals surface area contributed by atoms with Gasteiger partial charge in [-0.1, -0.05) is 30.3 Å². The van der Waals surface area contributed by atoms with Crippen molar-refractivity contribution in [2.24, 2.45) is 0 Å². The van der Waals surface area contributed by atoms with Gasteiger partial charge in [-0.05, 0) is 24.6 Å². The second-order valence-corrected chi connectivity index (χ2v) is 6.00. The third-order valence-electron chi connectivity index (χ3n) is 3.77. The molecule has 0 saturated heterocycles. The van der Waals surface area contributed by atoms with E-state index in [9.17, 15) is 9.59 Å². The lowest BCUT2D eigenvalue weighted by molar-refractivity contribution is 0.0509. The second kappa shape index (κ2) is 11.1. The number of benzene rings is 1. The molecule has 2 aromatic rings. The normalized spacial score (nSPS) is 11.6. The summed E-state index contributed by atoms with van der Waals surface area (Å²) < 4.78 is 10.6. The Morgan fingerprint density at radius 2 is 1.89 bits per heavy atom. The van der Waals surface area contributed by atoms with E-state index in [1.165, 1.54) is 12.3 Å². The number of nitrogens with one attached hydrogen (secondary N) is 2. The molecule has 0 saturated carbocycles. The smallest absolute Gasteiger partial charge is 0.269 e. The van der Waals surface area contributed by atoms with Crippen molar-refractivity contribution in [1.82, 2.24) is 15.6 Å². The fourth-order valence-corrected chi connectivity index (χ4v) is 2.26. The van der Waals surface area contributed by atoms with E-state index in [0.717, 1.165) is 5.56 Å². The zero-order valence-electron chi connectivity index (χ0n) is 15.6. The molecule has 1 atom stereocenters. The van der Waals surface area contributed by atoms with Crippen molar-refractivity contribution in [3.8, 4) is 0 Å². The predicted octanol–water partition coefficient (Wildman–Crippen LogP) is 1.79. The summed E-state index contributed by atoms with van der Waals surface area (Å²) in [6, 6.07) is 12.9. The average molecular weight is 371 g/mol. The van der Waals surface area contributed by atoms with Crippen LogP contribution in [-0.4, -0.2) is 49.7 Å².